The number of carbonyl (C=O) groups is 3. The fourth-order valence-corrected chi connectivity index (χ4v) is 4.35. The molecule has 0 heterocycles. The van der Waals surface area contributed by atoms with Gasteiger partial charge in [-0.2, -0.15) is 5.26 Å². The van der Waals surface area contributed by atoms with E-state index in [1.807, 2.05) is 6.07 Å². The molecule has 0 aromatic heterocycles. The lowest BCUT2D eigenvalue weighted by Crippen LogP contribution is -2.55. The first-order valence-electron chi connectivity index (χ1n) is 12.6. The summed E-state index contributed by atoms with van der Waals surface area (Å²) in [4.78, 5) is 41.2. The van der Waals surface area contributed by atoms with Crippen molar-refractivity contribution in [2.75, 3.05) is 6.54 Å². The molecule has 198 valence electrons. The molecule has 0 saturated heterocycles. The standard InChI is InChI=1S/C27H40N4O5/c1-17(2)22(30-26(35)36-27(4,5)6)25(34)31(15-14-28)23(19-12-13-21(32)18(3)16-19)24(33)29-20-10-8-7-9-11-20/h12-13,16-17,20,22-23,32H,7-11,15H2,1-6H3,(H,29,33)(H,30,35). The molecule has 0 bridgehead atoms. The van der Waals surface area contributed by atoms with Crippen molar-refractivity contribution >= 4 is 17.9 Å². The van der Waals surface area contributed by atoms with Gasteiger partial charge >= 0.3 is 6.09 Å². The smallest absolute Gasteiger partial charge is 0.408 e. The number of nitriles is 1. The van der Waals surface area contributed by atoms with E-state index in [9.17, 15) is 24.8 Å². The number of rotatable bonds is 8. The van der Waals surface area contributed by atoms with Crippen LogP contribution in [0.4, 0.5) is 4.79 Å². The highest BCUT2D eigenvalue weighted by Crippen LogP contribution is 2.28. The molecule has 1 aromatic carbocycles. The molecule has 0 aliphatic heterocycles. The minimum atomic E-state index is -1.11. The van der Waals surface area contributed by atoms with Gasteiger partial charge in [0, 0.05) is 6.04 Å². The maximum atomic E-state index is 13.8. The third-order valence-corrected chi connectivity index (χ3v) is 6.18. The van der Waals surface area contributed by atoms with E-state index >= 15 is 0 Å². The summed E-state index contributed by atoms with van der Waals surface area (Å²) < 4.78 is 5.34. The first-order valence-corrected chi connectivity index (χ1v) is 12.6. The van der Waals surface area contributed by atoms with Gasteiger partial charge in [0.1, 0.15) is 30.0 Å². The largest absolute Gasteiger partial charge is 0.508 e. The average Bonchev–Trinajstić information content (AvgIpc) is 2.78. The number of carbonyl (C=O) groups excluding carboxylic acids is 3. The highest BCUT2D eigenvalue weighted by Gasteiger charge is 2.38. The maximum Gasteiger partial charge on any atom is 0.408 e. The van der Waals surface area contributed by atoms with Crippen LogP contribution in [0.15, 0.2) is 18.2 Å². The van der Waals surface area contributed by atoms with Gasteiger partial charge in [0.15, 0.2) is 0 Å². The molecule has 2 unspecified atom stereocenters. The van der Waals surface area contributed by atoms with Crippen molar-refractivity contribution in [3.63, 3.8) is 0 Å². The molecule has 2 atom stereocenters. The van der Waals surface area contributed by atoms with E-state index in [1.165, 1.54) is 11.0 Å². The van der Waals surface area contributed by atoms with Crippen molar-refractivity contribution in [2.24, 2.45) is 5.92 Å². The Morgan fingerprint density at radius 3 is 2.36 bits per heavy atom. The molecule has 1 saturated carbocycles. The van der Waals surface area contributed by atoms with Crippen molar-refractivity contribution in [2.45, 2.75) is 97.4 Å². The van der Waals surface area contributed by atoms with Gasteiger partial charge in [0.25, 0.3) is 0 Å². The van der Waals surface area contributed by atoms with Crippen LogP contribution in [0, 0.1) is 24.2 Å². The fraction of sp³-hybridized carbons (Fsp3) is 0.630. The molecule has 3 N–H and O–H groups in total. The number of nitrogens with zero attached hydrogens (tertiary/aromatic N) is 2. The summed E-state index contributed by atoms with van der Waals surface area (Å²) in [5.74, 6) is -1.23. The number of hydrogen-bond donors (Lipinski definition) is 3. The van der Waals surface area contributed by atoms with Crippen LogP contribution in [0.25, 0.3) is 0 Å². The predicted molar refractivity (Wildman–Crippen MR) is 136 cm³/mol. The summed E-state index contributed by atoms with van der Waals surface area (Å²) in [5.41, 5.74) is 0.258. The van der Waals surface area contributed by atoms with Gasteiger partial charge in [-0.1, -0.05) is 39.2 Å². The van der Waals surface area contributed by atoms with Crippen molar-refractivity contribution in [3.05, 3.63) is 29.3 Å². The molecule has 1 aromatic rings. The normalized spacial score (nSPS) is 15.9. The fourth-order valence-electron chi connectivity index (χ4n) is 4.35. The van der Waals surface area contributed by atoms with Gasteiger partial charge < -0.3 is 25.4 Å². The van der Waals surface area contributed by atoms with E-state index in [1.54, 1.807) is 53.7 Å². The minimum Gasteiger partial charge on any atom is -0.508 e. The Kier molecular flexibility index (Phi) is 10.1. The molecule has 9 nitrogen and oxygen atoms in total. The second-order valence-electron chi connectivity index (χ2n) is 10.8. The average molecular weight is 501 g/mol. The molecule has 0 spiro atoms. The third-order valence-electron chi connectivity index (χ3n) is 6.18. The summed E-state index contributed by atoms with van der Waals surface area (Å²) in [6.07, 6.45) is 4.12. The highest BCUT2D eigenvalue weighted by molar-refractivity contribution is 5.92. The Morgan fingerprint density at radius 1 is 1.19 bits per heavy atom. The van der Waals surface area contributed by atoms with Gasteiger partial charge in [-0.25, -0.2) is 4.79 Å². The molecule has 1 aliphatic carbocycles. The number of ether oxygens (including phenoxy) is 1. The second-order valence-corrected chi connectivity index (χ2v) is 10.8. The summed E-state index contributed by atoms with van der Waals surface area (Å²) in [6, 6.07) is 4.56. The van der Waals surface area contributed by atoms with Crippen molar-refractivity contribution < 1.29 is 24.2 Å². The zero-order chi connectivity index (χ0) is 27.0. The van der Waals surface area contributed by atoms with Crippen LogP contribution >= 0.6 is 0 Å². The number of amides is 3. The lowest BCUT2D eigenvalue weighted by atomic mass is 9.94. The Balaban J connectivity index is 2.45. The quantitative estimate of drug-likeness (QED) is 0.461. The van der Waals surface area contributed by atoms with Gasteiger partial charge in [0.05, 0.1) is 6.07 Å². The van der Waals surface area contributed by atoms with Crippen LogP contribution in [0.1, 0.15) is 83.9 Å². The van der Waals surface area contributed by atoms with Gasteiger partial charge in [-0.05, 0) is 69.7 Å². The Hall–Kier alpha value is -3.28. The second kappa shape index (κ2) is 12.6. The number of phenolic OH excluding ortho intramolecular Hbond substituents is 1. The predicted octanol–water partition coefficient (Wildman–Crippen LogP) is 4.09. The summed E-state index contributed by atoms with van der Waals surface area (Å²) in [5, 5.41) is 25.3. The molecule has 1 fully saturated rings. The van der Waals surface area contributed by atoms with E-state index in [0.717, 1.165) is 32.1 Å². The van der Waals surface area contributed by atoms with Crippen molar-refractivity contribution in [3.8, 4) is 11.8 Å². The third kappa shape index (κ3) is 8.14. The Labute approximate surface area is 214 Å². The molecule has 2 rings (SSSR count). The first kappa shape index (κ1) is 29.0. The summed E-state index contributed by atoms with van der Waals surface area (Å²) >= 11 is 0. The number of alkyl carbamates (subject to hydrolysis) is 1. The van der Waals surface area contributed by atoms with Crippen LogP contribution in [0.5, 0.6) is 5.75 Å². The van der Waals surface area contributed by atoms with Gasteiger partial charge in [0.2, 0.25) is 11.8 Å². The molecule has 36 heavy (non-hydrogen) atoms. The van der Waals surface area contributed by atoms with E-state index in [2.05, 4.69) is 10.6 Å². The molecule has 0 radical (unpaired) electrons. The van der Waals surface area contributed by atoms with Gasteiger partial charge in [-0.15, -0.1) is 0 Å². The van der Waals surface area contributed by atoms with Crippen molar-refractivity contribution in [1.82, 2.24) is 15.5 Å². The number of benzene rings is 1. The van der Waals surface area contributed by atoms with E-state index in [0.29, 0.717) is 11.1 Å². The maximum absolute atomic E-state index is 13.8. The number of hydrogen-bond acceptors (Lipinski definition) is 6. The highest BCUT2D eigenvalue weighted by atomic mass is 16.6. The number of aryl methyl sites for hydroxylation is 1. The van der Waals surface area contributed by atoms with Crippen LogP contribution in [-0.4, -0.2) is 52.1 Å². The molecule has 3 amide bonds. The number of nitrogens with one attached hydrogen (secondary N) is 2. The summed E-state index contributed by atoms with van der Waals surface area (Å²) in [6.45, 7) is 10.0. The SMILES string of the molecule is Cc1cc(C(C(=O)NC2CCCCC2)N(CC#N)C(=O)C(NC(=O)OC(C)(C)C)C(C)C)ccc1O. The lowest BCUT2D eigenvalue weighted by molar-refractivity contribution is -0.142. The number of phenols is 1. The first-order chi connectivity index (χ1) is 16.8. The summed E-state index contributed by atoms with van der Waals surface area (Å²) in [7, 11) is 0. The molecule has 1 aliphatic rings. The lowest BCUT2D eigenvalue weighted by Gasteiger charge is -2.35. The minimum absolute atomic E-state index is 0.00761. The van der Waals surface area contributed by atoms with E-state index in [-0.39, 0.29) is 24.3 Å². The van der Waals surface area contributed by atoms with Crippen LogP contribution < -0.4 is 10.6 Å². The van der Waals surface area contributed by atoms with E-state index < -0.39 is 35.6 Å². The van der Waals surface area contributed by atoms with Crippen molar-refractivity contribution in [1.29, 1.82) is 5.26 Å². The Morgan fingerprint density at radius 2 is 1.83 bits per heavy atom. The zero-order valence-corrected chi connectivity index (χ0v) is 22.3. The number of aromatic hydroxyl groups is 1. The van der Waals surface area contributed by atoms with Gasteiger partial charge in [-0.3, -0.25) is 9.59 Å². The topological polar surface area (TPSA) is 132 Å². The Bertz CT molecular complexity index is 973. The van der Waals surface area contributed by atoms with E-state index in [4.69, 9.17) is 4.74 Å². The molecular weight excluding hydrogens is 460 g/mol. The molecular formula is C27H40N4O5. The monoisotopic (exact) mass is 500 g/mol. The zero-order valence-electron chi connectivity index (χ0n) is 22.3. The van der Waals surface area contributed by atoms with Crippen LogP contribution in [0.2, 0.25) is 0 Å². The van der Waals surface area contributed by atoms with Crippen LogP contribution in [0.3, 0.4) is 0 Å². The van der Waals surface area contributed by atoms with Crippen LogP contribution in [-0.2, 0) is 14.3 Å². The molecule has 9 heteroatoms.